The van der Waals surface area contributed by atoms with Crippen LogP contribution < -0.4 is 0 Å². The summed E-state index contributed by atoms with van der Waals surface area (Å²) in [4.78, 5) is 0. The van der Waals surface area contributed by atoms with Crippen LogP contribution in [0.15, 0.2) is 0 Å². The van der Waals surface area contributed by atoms with Gasteiger partial charge in [0.2, 0.25) is 10.0 Å². The number of nitrogens with zero attached hydrogens (tertiary/aromatic N) is 2. The van der Waals surface area contributed by atoms with Crippen LogP contribution in [-0.2, 0) is 10.0 Å². The molecule has 0 aromatic rings. The molecule has 0 aromatic heterocycles. The zero-order valence-corrected chi connectivity index (χ0v) is 10.1. The smallest absolute Gasteiger partial charge is 0.212 e. The summed E-state index contributed by atoms with van der Waals surface area (Å²) in [6.45, 7) is 5.91. The van der Waals surface area contributed by atoms with Crippen LogP contribution in [0.5, 0.6) is 0 Å². The van der Waals surface area contributed by atoms with Crippen LogP contribution in [0.1, 0.15) is 27.2 Å². The molecule has 14 heavy (non-hydrogen) atoms. The predicted molar refractivity (Wildman–Crippen MR) is 56.1 cm³/mol. The van der Waals surface area contributed by atoms with E-state index in [1.807, 2.05) is 26.8 Å². The monoisotopic (exact) mass is 218 g/mol. The fraction of sp³-hybridized carbons (Fsp3) is 0.889. The van der Waals surface area contributed by atoms with E-state index in [2.05, 4.69) is 0 Å². The van der Waals surface area contributed by atoms with Crippen LogP contribution >= 0.6 is 0 Å². The second-order valence-corrected chi connectivity index (χ2v) is 6.62. The highest BCUT2D eigenvalue weighted by Crippen LogP contribution is 2.17. The second kappa shape index (κ2) is 4.76. The number of hydrogen-bond acceptors (Lipinski definition) is 3. The Kier molecular flexibility index (Phi) is 4.56. The lowest BCUT2D eigenvalue weighted by atomic mass is 10.0. The van der Waals surface area contributed by atoms with Crippen molar-refractivity contribution < 1.29 is 8.42 Å². The molecule has 0 aliphatic rings. The van der Waals surface area contributed by atoms with E-state index in [9.17, 15) is 8.42 Å². The minimum atomic E-state index is -3.21. The van der Waals surface area contributed by atoms with Crippen molar-refractivity contribution in [2.75, 3.05) is 19.3 Å². The minimum Gasteiger partial charge on any atom is -0.212 e. The number of rotatable bonds is 4. The highest BCUT2D eigenvalue weighted by Gasteiger charge is 2.25. The Morgan fingerprint density at radius 2 is 1.86 bits per heavy atom. The first kappa shape index (κ1) is 13.4. The van der Waals surface area contributed by atoms with Crippen molar-refractivity contribution in [1.29, 1.82) is 5.26 Å². The predicted octanol–water partition coefficient (Wildman–Crippen LogP) is 1.21. The van der Waals surface area contributed by atoms with Crippen LogP contribution in [0.3, 0.4) is 0 Å². The van der Waals surface area contributed by atoms with Crippen molar-refractivity contribution in [1.82, 2.24) is 4.31 Å². The summed E-state index contributed by atoms with van der Waals surface area (Å²) in [5.74, 6) is 0.113. The molecule has 4 nitrogen and oxygen atoms in total. The van der Waals surface area contributed by atoms with Gasteiger partial charge in [-0.15, -0.1) is 0 Å². The fourth-order valence-electron chi connectivity index (χ4n) is 1.00. The van der Waals surface area contributed by atoms with Gasteiger partial charge >= 0.3 is 0 Å². The van der Waals surface area contributed by atoms with Crippen LogP contribution in [-0.4, -0.2) is 32.1 Å². The molecular weight excluding hydrogens is 200 g/mol. The van der Waals surface area contributed by atoms with E-state index in [0.29, 0.717) is 0 Å². The van der Waals surface area contributed by atoms with E-state index in [4.69, 9.17) is 5.26 Å². The lowest BCUT2D eigenvalue weighted by molar-refractivity contribution is 0.425. The molecule has 5 heteroatoms. The van der Waals surface area contributed by atoms with Gasteiger partial charge in [-0.05, 0) is 5.41 Å². The van der Waals surface area contributed by atoms with E-state index in [0.717, 1.165) is 0 Å². The summed E-state index contributed by atoms with van der Waals surface area (Å²) in [7, 11) is -1.70. The topological polar surface area (TPSA) is 61.2 Å². The number of sulfonamides is 1. The number of hydrogen-bond donors (Lipinski definition) is 0. The van der Waals surface area contributed by atoms with Gasteiger partial charge < -0.3 is 0 Å². The van der Waals surface area contributed by atoms with E-state index < -0.39 is 10.0 Å². The Bertz CT molecular complexity index is 309. The van der Waals surface area contributed by atoms with Gasteiger partial charge in [-0.2, -0.15) is 5.26 Å². The van der Waals surface area contributed by atoms with Gasteiger partial charge in [0.05, 0.1) is 11.8 Å². The van der Waals surface area contributed by atoms with Crippen molar-refractivity contribution in [3.8, 4) is 6.07 Å². The first-order chi connectivity index (χ1) is 6.19. The molecular formula is C9H18N2O2S. The molecule has 0 amide bonds. The van der Waals surface area contributed by atoms with Gasteiger partial charge in [-0.1, -0.05) is 20.8 Å². The highest BCUT2D eigenvalue weighted by atomic mass is 32.2. The summed E-state index contributed by atoms with van der Waals surface area (Å²) in [6, 6.07) is 1.93. The molecule has 82 valence electrons. The molecule has 0 bridgehead atoms. The molecule has 0 rings (SSSR count). The Hall–Kier alpha value is -0.600. The fourth-order valence-corrected chi connectivity index (χ4v) is 2.69. The quantitative estimate of drug-likeness (QED) is 0.712. The molecule has 0 radical (unpaired) electrons. The largest absolute Gasteiger partial charge is 0.214 e. The third kappa shape index (κ3) is 5.20. The first-order valence-corrected chi connectivity index (χ1v) is 6.11. The molecule has 0 spiro atoms. The molecule has 0 saturated carbocycles. The number of nitriles is 1. The van der Waals surface area contributed by atoms with Crippen molar-refractivity contribution >= 4 is 10.0 Å². The Morgan fingerprint density at radius 3 is 2.21 bits per heavy atom. The third-order valence-electron chi connectivity index (χ3n) is 1.63. The minimum absolute atomic E-state index is 0.113. The average Bonchev–Trinajstić information content (AvgIpc) is 1.95. The van der Waals surface area contributed by atoms with E-state index >= 15 is 0 Å². The standard InChI is InChI=1S/C9H18N2O2S/c1-9(2,3)8-14(12,13)11(4)7-5-6-10/h5,7-8H2,1-4H3. The van der Waals surface area contributed by atoms with Gasteiger partial charge in [0.15, 0.2) is 0 Å². The van der Waals surface area contributed by atoms with Crippen molar-refractivity contribution in [2.45, 2.75) is 27.2 Å². The van der Waals surface area contributed by atoms with Gasteiger partial charge in [0.25, 0.3) is 0 Å². The Morgan fingerprint density at radius 1 is 1.36 bits per heavy atom. The summed E-state index contributed by atoms with van der Waals surface area (Å²) >= 11 is 0. The summed E-state index contributed by atoms with van der Waals surface area (Å²) < 4.78 is 24.6. The van der Waals surface area contributed by atoms with Crippen molar-refractivity contribution in [3.63, 3.8) is 0 Å². The average molecular weight is 218 g/mol. The third-order valence-corrected chi connectivity index (χ3v) is 3.99. The molecule has 0 aromatic carbocycles. The maximum atomic E-state index is 11.7. The van der Waals surface area contributed by atoms with E-state index in [-0.39, 0.29) is 24.1 Å². The molecule has 0 unspecified atom stereocenters. The van der Waals surface area contributed by atoms with Crippen LogP contribution in [0.4, 0.5) is 0 Å². The molecule has 0 aliphatic carbocycles. The molecule has 0 fully saturated rings. The molecule has 0 heterocycles. The molecule has 0 N–H and O–H groups in total. The lowest BCUT2D eigenvalue weighted by Gasteiger charge is -2.23. The maximum Gasteiger partial charge on any atom is 0.214 e. The molecule has 0 atom stereocenters. The summed E-state index contributed by atoms with van der Waals surface area (Å²) in [5, 5.41) is 8.34. The van der Waals surface area contributed by atoms with Crippen LogP contribution in [0.25, 0.3) is 0 Å². The summed E-state index contributed by atoms with van der Waals surface area (Å²) in [6.07, 6.45) is 0.236. The molecule has 0 saturated heterocycles. The lowest BCUT2D eigenvalue weighted by Crippen LogP contribution is -2.34. The highest BCUT2D eigenvalue weighted by molar-refractivity contribution is 7.89. The van der Waals surface area contributed by atoms with Gasteiger partial charge in [-0.25, -0.2) is 12.7 Å². The van der Waals surface area contributed by atoms with Crippen LogP contribution in [0, 0.1) is 16.7 Å². The van der Waals surface area contributed by atoms with Gasteiger partial charge in [0.1, 0.15) is 0 Å². The normalized spacial score (nSPS) is 12.9. The van der Waals surface area contributed by atoms with Crippen molar-refractivity contribution in [2.24, 2.45) is 5.41 Å². The first-order valence-electron chi connectivity index (χ1n) is 4.50. The Labute approximate surface area is 86.6 Å². The zero-order chi connectivity index (χ0) is 11.4. The van der Waals surface area contributed by atoms with Crippen LogP contribution in [0.2, 0.25) is 0 Å². The zero-order valence-electron chi connectivity index (χ0n) is 9.24. The van der Waals surface area contributed by atoms with Crippen molar-refractivity contribution in [3.05, 3.63) is 0 Å². The maximum absolute atomic E-state index is 11.7. The summed E-state index contributed by atoms with van der Waals surface area (Å²) in [5.41, 5.74) is -0.250. The second-order valence-electron chi connectivity index (χ2n) is 4.55. The van der Waals surface area contributed by atoms with Gasteiger partial charge in [0, 0.05) is 20.0 Å². The van der Waals surface area contributed by atoms with Gasteiger partial charge in [-0.3, -0.25) is 0 Å². The van der Waals surface area contributed by atoms with E-state index in [1.54, 1.807) is 0 Å². The van der Waals surface area contributed by atoms with E-state index in [1.165, 1.54) is 11.4 Å². The SMILES string of the molecule is CN(CCC#N)S(=O)(=O)CC(C)(C)C. The Balaban J connectivity index is 4.41. The molecule has 0 aliphatic heterocycles.